The van der Waals surface area contributed by atoms with Crippen molar-refractivity contribution in [3.8, 4) is 0 Å². The van der Waals surface area contributed by atoms with Gasteiger partial charge in [-0.3, -0.25) is 4.98 Å². The molecule has 4 heteroatoms. The summed E-state index contributed by atoms with van der Waals surface area (Å²) in [6, 6.07) is 4.88. The van der Waals surface area contributed by atoms with E-state index in [-0.39, 0.29) is 18.2 Å². The Morgan fingerprint density at radius 2 is 2.00 bits per heavy atom. The molecule has 0 saturated heterocycles. The molecule has 0 aliphatic heterocycles. The van der Waals surface area contributed by atoms with Crippen LogP contribution in [0.2, 0.25) is 0 Å². The predicted octanol–water partition coefficient (Wildman–Crippen LogP) is 4.00. The Bertz CT molecular complexity index is 629. The van der Waals surface area contributed by atoms with E-state index in [0.717, 1.165) is 42.3 Å². The van der Waals surface area contributed by atoms with Crippen molar-refractivity contribution in [2.45, 2.75) is 38.7 Å². The molecule has 0 saturated carbocycles. The smallest absolute Gasteiger partial charge is 0.125 e. The molecule has 1 aromatic carbocycles. The zero-order valence-electron chi connectivity index (χ0n) is 11.8. The number of hydrogen-bond donors (Lipinski definition) is 0. The summed E-state index contributed by atoms with van der Waals surface area (Å²) in [7, 11) is 1.77. The van der Waals surface area contributed by atoms with Crippen molar-refractivity contribution in [3.05, 3.63) is 40.8 Å². The summed E-state index contributed by atoms with van der Waals surface area (Å²) >= 11 is 0. The summed E-state index contributed by atoms with van der Waals surface area (Å²) < 4.78 is 18.8. The van der Waals surface area contributed by atoms with E-state index in [2.05, 4.69) is 11.9 Å². The Morgan fingerprint density at radius 1 is 1.25 bits per heavy atom. The molecule has 1 aliphatic rings. The molecule has 108 valence electrons. The Kier molecular flexibility index (Phi) is 4.61. The van der Waals surface area contributed by atoms with Gasteiger partial charge < -0.3 is 4.74 Å². The number of pyridine rings is 1. The Morgan fingerprint density at radius 3 is 2.75 bits per heavy atom. The van der Waals surface area contributed by atoms with Crippen molar-refractivity contribution in [1.29, 1.82) is 0 Å². The molecule has 1 unspecified atom stereocenters. The first kappa shape index (κ1) is 15.2. The molecular formula is C16H19ClFNO. The zero-order chi connectivity index (χ0) is 13.4. The van der Waals surface area contributed by atoms with Crippen LogP contribution < -0.4 is 0 Å². The topological polar surface area (TPSA) is 22.1 Å². The average molecular weight is 296 g/mol. The van der Waals surface area contributed by atoms with E-state index in [0.29, 0.717) is 6.10 Å². The van der Waals surface area contributed by atoms with E-state index >= 15 is 0 Å². The molecule has 0 spiro atoms. The molecular weight excluding hydrogens is 277 g/mol. The van der Waals surface area contributed by atoms with Crippen LogP contribution in [0.25, 0.3) is 10.9 Å². The van der Waals surface area contributed by atoms with E-state index in [1.165, 1.54) is 23.3 Å². The minimum atomic E-state index is -0.220. The minimum Gasteiger partial charge on any atom is -0.381 e. The van der Waals surface area contributed by atoms with Gasteiger partial charge in [0, 0.05) is 24.3 Å². The Balaban J connectivity index is 0.00000147. The van der Waals surface area contributed by atoms with Gasteiger partial charge in [-0.25, -0.2) is 4.39 Å². The second kappa shape index (κ2) is 6.06. The molecule has 3 rings (SSSR count). The molecule has 0 radical (unpaired) electrons. The molecule has 1 aliphatic carbocycles. The van der Waals surface area contributed by atoms with E-state index in [1.807, 2.05) is 6.07 Å². The van der Waals surface area contributed by atoms with E-state index in [9.17, 15) is 4.39 Å². The minimum absolute atomic E-state index is 0. The van der Waals surface area contributed by atoms with Gasteiger partial charge in [-0.05, 0) is 55.9 Å². The highest BCUT2D eigenvalue weighted by atomic mass is 35.5. The van der Waals surface area contributed by atoms with Crippen LogP contribution in [0, 0.1) is 12.7 Å². The van der Waals surface area contributed by atoms with Crippen LogP contribution in [0.4, 0.5) is 4.39 Å². The van der Waals surface area contributed by atoms with Crippen LogP contribution in [-0.4, -0.2) is 18.2 Å². The third kappa shape index (κ3) is 2.65. The Labute approximate surface area is 124 Å². The highest BCUT2D eigenvalue weighted by molar-refractivity contribution is 5.85. The van der Waals surface area contributed by atoms with Gasteiger partial charge in [-0.15, -0.1) is 12.4 Å². The number of aromatic nitrogens is 1. The lowest BCUT2D eigenvalue weighted by atomic mass is 9.98. The third-order valence-corrected chi connectivity index (χ3v) is 4.17. The third-order valence-electron chi connectivity index (χ3n) is 4.17. The normalized spacial score (nSPS) is 18.2. The molecule has 1 atom stereocenters. The number of ether oxygens (including phenoxy) is 1. The predicted molar refractivity (Wildman–Crippen MR) is 81.1 cm³/mol. The van der Waals surface area contributed by atoms with Gasteiger partial charge >= 0.3 is 0 Å². The van der Waals surface area contributed by atoms with E-state index in [1.54, 1.807) is 7.11 Å². The van der Waals surface area contributed by atoms with Crippen molar-refractivity contribution in [1.82, 2.24) is 4.98 Å². The average Bonchev–Trinajstić information content (AvgIpc) is 2.61. The highest BCUT2D eigenvalue weighted by Crippen LogP contribution is 2.29. The maximum absolute atomic E-state index is 13.3. The molecule has 0 amide bonds. The number of rotatable bonds is 1. The summed E-state index contributed by atoms with van der Waals surface area (Å²) in [4.78, 5) is 4.67. The summed E-state index contributed by atoms with van der Waals surface area (Å²) in [5, 5.41) is 1.07. The van der Waals surface area contributed by atoms with Crippen molar-refractivity contribution in [3.63, 3.8) is 0 Å². The number of halogens is 2. The molecule has 1 aromatic heterocycles. The monoisotopic (exact) mass is 295 g/mol. The number of fused-ring (bicyclic) bond motifs is 2. The fourth-order valence-electron chi connectivity index (χ4n) is 3.03. The van der Waals surface area contributed by atoms with E-state index in [4.69, 9.17) is 4.74 Å². The summed E-state index contributed by atoms with van der Waals surface area (Å²) in [6.07, 6.45) is 4.27. The van der Waals surface area contributed by atoms with Crippen LogP contribution in [0.15, 0.2) is 18.2 Å². The number of benzene rings is 1. The fraction of sp³-hybridized carbons (Fsp3) is 0.438. The molecule has 20 heavy (non-hydrogen) atoms. The van der Waals surface area contributed by atoms with Crippen LogP contribution in [0.1, 0.15) is 29.7 Å². The van der Waals surface area contributed by atoms with E-state index < -0.39 is 0 Å². The second-order valence-electron chi connectivity index (χ2n) is 5.26. The van der Waals surface area contributed by atoms with Crippen LogP contribution in [0.5, 0.6) is 0 Å². The van der Waals surface area contributed by atoms with Crippen molar-refractivity contribution >= 4 is 23.3 Å². The van der Waals surface area contributed by atoms with Crippen molar-refractivity contribution < 1.29 is 9.13 Å². The van der Waals surface area contributed by atoms with Gasteiger partial charge in [0.25, 0.3) is 0 Å². The summed E-state index contributed by atoms with van der Waals surface area (Å²) in [5.74, 6) is -0.220. The molecule has 1 heterocycles. The first-order valence-corrected chi connectivity index (χ1v) is 6.79. The maximum atomic E-state index is 13.3. The SMILES string of the molecule is COC1CCc2nc3cc(F)ccc3c(C)c2CC1.Cl. The lowest BCUT2D eigenvalue weighted by Crippen LogP contribution is -2.09. The van der Waals surface area contributed by atoms with Gasteiger partial charge in [0.1, 0.15) is 5.82 Å². The van der Waals surface area contributed by atoms with Gasteiger partial charge in [0.15, 0.2) is 0 Å². The standard InChI is InChI=1S/C16H18FNO.ClH/c1-10-13-7-4-12(19-2)5-8-15(13)18-16-9-11(17)3-6-14(10)16;/h3,6,9,12H,4-5,7-8H2,1-2H3;1H. The second-order valence-corrected chi connectivity index (χ2v) is 5.26. The van der Waals surface area contributed by atoms with Gasteiger partial charge in [-0.2, -0.15) is 0 Å². The molecule has 0 bridgehead atoms. The van der Waals surface area contributed by atoms with Crippen molar-refractivity contribution in [2.75, 3.05) is 7.11 Å². The first-order valence-electron chi connectivity index (χ1n) is 6.79. The fourth-order valence-corrected chi connectivity index (χ4v) is 3.03. The first-order chi connectivity index (χ1) is 9.19. The number of methoxy groups -OCH3 is 1. The Hall–Kier alpha value is -1.19. The largest absolute Gasteiger partial charge is 0.381 e. The van der Waals surface area contributed by atoms with Crippen LogP contribution in [-0.2, 0) is 17.6 Å². The van der Waals surface area contributed by atoms with Crippen LogP contribution in [0.3, 0.4) is 0 Å². The quantitative estimate of drug-likeness (QED) is 0.742. The summed E-state index contributed by atoms with van der Waals surface area (Å²) in [6.45, 7) is 2.12. The molecule has 2 nitrogen and oxygen atoms in total. The summed E-state index contributed by atoms with van der Waals surface area (Å²) in [5.41, 5.74) is 4.47. The number of hydrogen-bond acceptors (Lipinski definition) is 2. The number of aryl methyl sites for hydroxylation is 2. The number of nitrogens with zero attached hydrogens (tertiary/aromatic N) is 1. The van der Waals surface area contributed by atoms with Crippen LogP contribution >= 0.6 is 12.4 Å². The molecule has 2 aromatic rings. The lowest BCUT2D eigenvalue weighted by Gasteiger charge is -2.12. The zero-order valence-corrected chi connectivity index (χ0v) is 12.6. The van der Waals surface area contributed by atoms with Gasteiger partial charge in [-0.1, -0.05) is 0 Å². The maximum Gasteiger partial charge on any atom is 0.125 e. The highest BCUT2D eigenvalue weighted by Gasteiger charge is 2.19. The molecule has 0 fully saturated rings. The van der Waals surface area contributed by atoms with Crippen molar-refractivity contribution in [2.24, 2.45) is 0 Å². The van der Waals surface area contributed by atoms with Gasteiger partial charge in [0.05, 0.1) is 11.6 Å². The lowest BCUT2D eigenvalue weighted by molar-refractivity contribution is 0.0906. The van der Waals surface area contributed by atoms with Gasteiger partial charge in [0.2, 0.25) is 0 Å². The molecule has 0 N–H and O–H groups in total.